The number of benzene rings is 1. The minimum Gasteiger partial charge on any atom is -0.296 e. The Morgan fingerprint density at radius 1 is 1.33 bits per heavy atom. The summed E-state index contributed by atoms with van der Waals surface area (Å²) in [6, 6.07) is 3.06. The number of hydrogen-bond donors (Lipinski definition) is 1. The minimum atomic E-state index is -0.777. The maximum atomic E-state index is 10.7. The highest BCUT2D eigenvalue weighted by Crippen LogP contribution is 2.28. The molecule has 0 unspecified atom stereocenters. The Hall–Kier alpha value is -2.84. The Labute approximate surface area is 100 Å². The molecule has 1 rings (SSSR count). The third kappa shape index (κ3) is 3.07. The second kappa shape index (κ2) is 5.48. The van der Waals surface area contributed by atoms with Crippen molar-refractivity contribution in [1.82, 2.24) is 0 Å². The molecule has 0 aliphatic heterocycles. The molecule has 0 heterocycles. The average Bonchev–Trinajstić information content (AvgIpc) is 2.35. The van der Waals surface area contributed by atoms with Gasteiger partial charge in [0, 0.05) is 6.07 Å². The molecule has 0 fully saturated rings. The molecule has 0 saturated carbocycles. The lowest BCUT2D eigenvalue weighted by Crippen LogP contribution is -2.01. The van der Waals surface area contributed by atoms with E-state index in [1.54, 1.807) is 0 Å². The molecule has 0 amide bonds. The molecular formula is C9H8N4O5. The average molecular weight is 252 g/mol. The van der Waals surface area contributed by atoms with Crippen molar-refractivity contribution < 1.29 is 14.6 Å². The van der Waals surface area contributed by atoms with Gasteiger partial charge in [-0.15, -0.1) is 0 Å². The SMILES string of the molecule is CC(C=O)=NNc1ccc([N+](=O)[O-])cc1[N+](=O)[O-]. The molecule has 1 N–H and O–H groups in total. The molecule has 0 aromatic heterocycles. The van der Waals surface area contributed by atoms with Gasteiger partial charge in [0.2, 0.25) is 0 Å². The lowest BCUT2D eigenvalue weighted by Gasteiger charge is -2.02. The number of nitrogens with one attached hydrogen (secondary N) is 1. The van der Waals surface area contributed by atoms with Crippen molar-refractivity contribution in [3.05, 3.63) is 38.4 Å². The van der Waals surface area contributed by atoms with Gasteiger partial charge >= 0.3 is 5.69 Å². The number of nitro benzene ring substituents is 2. The summed E-state index contributed by atoms with van der Waals surface area (Å²) in [5.41, 5.74) is 1.46. The van der Waals surface area contributed by atoms with E-state index in [-0.39, 0.29) is 11.4 Å². The van der Waals surface area contributed by atoms with Crippen LogP contribution in [0.2, 0.25) is 0 Å². The van der Waals surface area contributed by atoms with E-state index in [1.807, 2.05) is 0 Å². The molecule has 18 heavy (non-hydrogen) atoms. The van der Waals surface area contributed by atoms with Crippen LogP contribution in [0.1, 0.15) is 6.92 Å². The highest BCUT2D eigenvalue weighted by molar-refractivity contribution is 6.27. The summed E-state index contributed by atoms with van der Waals surface area (Å²) in [5, 5.41) is 24.8. The van der Waals surface area contributed by atoms with Crippen LogP contribution in [0, 0.1) is 20.2 Å². The quantitative estimate of drug-likeness (QED) is 0.366. The molecule has 1 aromatic carbocycles. The molecule has 9 nitrogen and oxygen atoms in total. The Morgan fingerprint density at radius 2 is 2.00 bits per heavy atom. The van der Waals surface area contributed by atoms with Crippen LogP contribution in [-0.4, -0.2) is 21.8 Å². The zero-order chi connectivity index (χ0) is 13.7. The van der Waals surface area contributed by atoms with Crippen LogP contribution in [0.3, 0.4) is 0 Å². The van der Waals surface area contributed by atoms with Gasteiger partial charge in [-0.3, -0.25) is 30.4 Å². The summed E-state index contributed by atoms with van der Waals surface area (Å²) in [5.74, 6) is 0. The second-order valence-electron chi connectivity index (χ2n) is 3.20. The Kier molecular flexibility index (Phi) is 4.02. The molecule has 9 heteroatoms. The first-order valence-corrected chi connectivity index (χ1v) is 4.64. The molecule has 0 spiro atoms. The fourth-order valence-electron chi connectivity index (χ4n) is 1.05. The first kappa shape index (κ1) is 13.2. The number of anilines is 1. The van der Waals surface area contributed by atoms with Crippen molar-refractivity contribution in [3.63, 3.8) is 0 Å². The van der Waals surface area contributed by atoms with E-state index in [0.29, 0.717) is 6.29 Å². The molecule has 0 radical (unpaired) electrons. The fourth-order valence-corrected chi connectivity index (χ4v) is 1.05. The van der Waals surface area contributed by atoms with Crippen LogP contribution in [0.25, 0.3) is 0 Å². The van der Waals surface area contributed by atoms with E-state index in [4.69, 9.17) is 0 Å². The summed E-state index contributed by atoms with van der Waals surface area (Å²) in [7, 11) is 0. The van der Waals surface area contributed by atoms with E-state index < -0.39 is 21.2 Å². The van der Waals surface area contributed by atoms with Gasteiger partial charge < -0.3 is 0 Å². The lowest BCUT2D eigenvalue weighted by molar-refractivity contribution is -0.393. The molecule has 94 valence electrons. The highest BCUT2D eigenvalue weighted by Gasteiger charge is 2.19. The largest absolute Gasteiger partial charge is 0.301 e. The zero-order valence-corrected chi connectivity index (χ0v) is 9.19. The monoisotopic (exact) mass is 252 g/mol. The Balaban J connectivity index is 3.16. The summed E-state index contributed by atoms with van der Waals surface area (Å²) >= 11 is 0. The second-order valence-corrected chi connectivity index (χ2v) is 3.20. The number of aldehydes is 1. The summed E-state index contributed by atoms with van der Waals surface area (Å²) < 4.78 is 0. The number of carbonyl (C=O) groups excluding carboxylic acids is 1. The number of rotatable bonds is 5. The van der Waals surface area contributed by atoms with Gasteiger partial charge in [0.05, 0.1) is 21.6 Å². The first-order chi connectivity index (χ1) is 8.45. The van der Waals surface area contributed by atoms with Gasteiger partial charge in [-0.1, -0.05) is 0 Å². The number of hydrazone groups is 1. The van der Waals surface area contributed by atoms with Gasteiger partial charge in [-0.2, -0.15) is 5.10 Å². The lowest BCUT2D eigenvalue weighted by atomic mass is 10.2. The summed E-state index contributed by atoms with van der Waals surface area (Å²) in [4.78, 5) is 30.0. The number of nitro groups is 2. The van der Waals surface area contributed by atoms with Gasteiger partial charge in [-0.25, -0.2) is 0 Å². The van der Waals surface area contributed by atoms with Crippen molar-refractivity contribution in [1.29, 1.82) is 0 Å². The maximum Gasteiger partial charge on any atom is 0.301 e. The number of carbonyl (C=O) groups is 1. The van der Waals surface area contributed by atoms with E-state index in [0.717, 1.165) is 18.2 Å². The smallest absolute Gasteiger partial charge is 0.296 e. The predicted molar refractivity (Wildman–Crippen MR) is 62.5 cm³/mol. The van der Waals surface area contributed by atoms with Crippen molar-refractivity contribution in [2.75, 3.05) is 5.43 Å². The predicted octanol–water partition coefficient (Wildman–Crippen LogP) is 1.49. The van der Waals surface area contributed by atoms with E-state index in [2.05, 4.69) is 10.5 Å². The molecule has 0 bridgehead atoms. The van der Waals surface area contributed by atoms with Crippen LogP contribution < -0.4 is 5.43 Å². The van der Waals surface area contributed by atoms with E-state index in [1.165, 1.54) is 6.92 Å². The highest BCUT2D eigenvalue weighted by atomic mass is 16.6. The molecule has 0 atom stereocenters. The van der Waals surface area contributed by atoms with Crippen molar-refractivity contribution >= 4 is 29.1 Å². The number of non-ortho nitro benzene ring substituents is 1. The third-order valence-corrected chi connectivity index (χ3v) is 1.91. The maximum absolute atomic E-state index is 10.7. The van der Waals surface area contributed by atoms with Crippen LogP contribution >= 0.6 is 0 Å². The third-order valence-electron chi connectivity index (χ3n) is 1.91. The van der Waals surface area contributed by atoms with Crippen LogP contribution in [0.5, 0.6) is 0 Å². The fraction of sp³-hybridized carbons (Fsp3) is 0.111. The van der Waals surface area contributed by atoms with Crippen molar-refractivity contribution in [2.24, 2.45) is 5.10 Å². The molecule has 0 aliphatic rings. The Morgan fingerprint density at radius 3 is 2.50 bits per heavy atom. The van der Waals surface area contributed by atoms with Gasteiger partial charge in [0.15, 0.2) is 6.29 Å². The zero-order valence-electron chi connectivity index (χ0n) is 9.19. The van der Waals surface area contributed by atoms with E-state index in [9.17, 15) is 25.0 Å². The van der Waals surface area contributed by atoms with Crippen molar-refractivity contribution in [3.8, 4) is 0 Å². The van der Waals surface area contributed by atoms with Gasteiger partial charge in [0.25, 0.3) is 5.69 Å². The molecular weight excluding hydrogens is 244 g/mol. The van der Waals surface area contributed by atoms with Crippen molar-refractivity contribution in [2.45, 2.75) is 6.92 Å². The Bertz CT molecular complexity index is 540. The first-order valence-electron chi connectivity index (χ1n) is 4.64. The van der Waals surface area contributed by atoms with Crippen LogP contribution in [0.15, 0.2) is 23.3 Å². The van der Waals surface area contributed by atoms with Gasteiger partial charge in [0.1, 0.15) is 5.69 Å². The number of nitrogens with zero attached hydrogens (tertiary/aromatic N) is 3. The standard InChI is InChI=1S/C9H8N4O5/c1-6(5-14)10-11-8-3-2-7(12(15)16)4-9(8)13(17)18/h2-5,11H,1H3. The summed E-state index contributed by atoms with van der Waals surface area (Å²) in [6.07, 6.45) is 0.463. The molecule has 0 saturated heterocycles. The van der Waals surface area contributed by atoms with Crippen LogP contribution in [-0.2, 0) is 4.79 Å². The van der Waals surface area contributed by atoms with Crippen LogP contribution in [0.4, 0.5) is 17.1 Å². The normalized spacial score (nSPS) is 10.8. The summed E-state index contributed by atoms with van der Waals surface area (Å²) in [6.45, 7) is 1.40. The minimum absolute atomic E-state index is 0.0354. The molecule has 0 aliphatic carbocycles. The molecule has 1 aromatic rings. The number of hydrogen-bond acceptors (Lipinski definition) is 7. The topological polar surface area (TPSA) is 128 Å². The van der Waals surface area contributed by atoms with Gasteiger partial charge in [-0.05, 0) is 13.0 Å². The van der Waals surface area contributed by atoms with E-state index >= 15 is 0 Å².